The number of aliphatic carboxylic acids is 2. The van der Waals surface area contributed by atoms with Gasteiger partial charge in [0.1, 0.15) is 5.75 Å². The highest BCUT2D eigenvalue weighted by Gasteiger charge is 2.43. The molecule has 0 amide bonds. The lowest BCUT2D eigenvalue weighted by atomic mass is 9.71. The van der Waals surface area contributed by atoms with Crippen molar-refractivity contribution in [2.45, 2.75) is 19.5 Å². The standard InChI is InChI=1S/C16H12ClF3O5/c1-15(14(24)25)6-7(13(22)23)2-3-9(15)8-4-10(16(18,19)20)12(21)11(17)5-8/h2-5,21H,6H2,1H3,(H,22,23)(H,24,25). The number of allylic oxidation sites excluding steroid dienone is 2. The average molecular weight is 377 g/mol. The minimum atomic E-state index is -4.90. The van der Waals surface area contributed by atoms with E-state index in [-0.39, 0.29) is 16.7 Å². The van der Waals surface area contributed by atoms with Crippen LogP contribution < -0.4 is 0 Å². The first kappa shape index (κ1) is 18.9. The monoisotopic (exact) mass is 376 g/mol. The fraction of sp³-hybridized carbons (Fsp3) is 0.250. The first-order chi connectivity index (χ1) is 11.4. The third-order valence-corrected chi connectivity index (χ3v) is 4.30. The normalized spacial score (nSPS) is 20.7. The molecule has 0 aliphatic heterocycles. The smallest absolute Gasteiger partial charge is 0.420 e. The van der Waals surface area contributed by atoms with Gasteiger partial charge in [0.15, 0.2) is 0 Å². The molecular formula is C16H12ClF3O5. The molecule has 2 rings (SSSR count). The van der Waals surface area contributed by atoms with Crippen molar-refractivity contribution >= 4 is 29.1 Å². The van der Waals surface area contributed by atoms with Crippen LogP contribution in [-0.4, -0.2) is 27.3 Å². The van der Waals surface area contributed by atoms with Crippen molar-refractivity contribution in [3.05, 3.63) is 46.0 Å². The second-order valence-electron chi connectivity index (χ2n) is 5.74. The van der Waals surface area contributed by atoms with E-state index in [2.05, 4.69) is 0 Å². The molecule has 1 aliphatic carbocycles. The summed E-state index contributed by atoms with van der Waals surface area (Å²) in [5, 5.41) is 27.5. The highest BCUT2D eigenvalue weighted by Crippen LogP contribution is 2.47. The lowest BCUT2D eigenvalue weighted by Crippen LogP contribution is -2.32. The molecule has 0 aromatic heterocycles. The maximum absolute atomic E-state index is 13.1. The van der Waals surface area contributed by atoms with Gasteiger partial charge in [-0.1, -0.05) is 23.8 Å². The molecule has 0 spiro atoms. The van der Waals surface area contributed by atoms with E-state index in [1.165, 1.54) is 6.92 Å². The van der Waals surface area contributed by atoms with Crippen LogP contribution in [0.2, 0.25) is 5.02 Å². The van der Waals surface area contributed by atoms with E-state index in [0.717, 1.165) is 18.2 Å². The minimum absolute atomic E-state index is 0.0441. The van der Waals surface area contributed by atoms with Gasteiger partial charge in [-0.05, 0) is 36.6 Å². The molecule has 0 fully saturated rings. The van der Waals surface area contributed by atoms with Gasteiger partial charge >= 0.3 is 18.1 Å². The molecule has 0 saturated carbocycles. The predicted molar refractivity (Wildman–Crippen MR) is 82.2 cm³/mol. The van der Waals surface area contributed by atoms with E-state index >= 15 is 0 Å². The van der Waals surface area contributed by atoms with Crippen LogP contribution in [0.25, 0.3) is 5.57 Å². The Morgan fingerprint density at radius 1 is 1.20 bits per heavy atom. The number of benzene rings is 1. The van der Waals surface area contributed by atoms with Crippen LogP contribution in [0.5, 0.6) is 5.75 Å². The van der Waals surface area contributed by atoms with Crippen molar-refractivity contribution in [2.75, 3.05) is 0 Å². The number of alkyl halides is 3. The van der Waals surface area contributed by atoms with Gasteiger partial charge in [0.25, 0.3) is 0 Å². The SMILES string of the molecule is CC1(C(=O)O)CC(C(=O)O)=CC=C1c1cc(Cl)c(O)c(C(F)(F)F)c1. The van der Waals surface area contributed by atoms with E-state index < -0.39 is 46.3 Å². The molecule has 0 bridgehead atoms. The predicted octanol–water partition coefficient (Wildman–Crippen LogP) is 3.95. The summed E-state index contributed by atoms with van der Waals surface area (Å²) in [5.74, 6) is -3.88. The van der Waals surface area contributed by atoms with Gasteiger partial charge in [-0.3, -0.25) is 4.79 Å². The Morgan fingerprint density at radius 2 is 1.80 bits per heavy atom. The first-order valence-corrected chi connectivity index (χ1v) is 7.24. The van der Waals surface area contributed by atoms with Crippen LogP contribution in [0, 0.1) is 5.41 Å². The zero-order chi connectivity index (χ0) is 19.2. The quantitative estimate of drug-likeness (QED) is 0.742. The van der Waals surface area contributed by atoms with E-state index in [1.54, 1.807) is 0 Å². The summed E-state index contributed by atoms with van der Waals surface area (Å²) in [6, 6.07) is 1.60. The maximum Gasteiger partial charge on any atom is 0.420 e. The van der Waals surface area contributed by atoms with Gasteiger partial charge < -0.3 is 15.3 Å². The van der Waals surface area contributed by atoms with Crippen LogP contribution in [0.15, 0.2) is 29.9 Å². The van der Waals surface area contributed by atoms with Gasteiger partial charge in [-0.25, -0.2) is 4.79 Å². The van der Waals surface area contributed by atoms with Crippen molar-refractivity contribution in [1.29, 1.82) is 0 Å². The molecule has 1 aromatic carbocycles. The summed E-state index contributed by atoms with van der Waals surface area (Å²) in [5.41, 5.74) is -3.57. The van der Waals surface area contributed by atoms with Gasteiger partial charge in [0.05, 0.1) is 16.0 Å². The number of carboxylic acid groups (broad SMARTS) is 2. The molecule has 3 N–H and O–H groups in total. The zero-order valence-electron chi connectivity index (χ0n) is 12.7. The number of aromatic hydroxyl groups is 1. The molecule has 25 heavy (non-hydrogen) atoms. The van der Waals surface area contributed by atoms with Crippen LogP contribution >= 0.6 is 11.6 Å². The van der Waals surface area contributed by atoms with E-state index in [1.807, 2.05) is 0 Å². The lowest BCUT2D eigenvalue weighted by Gasteiger charge is -2.31. The zero-order valence-corrected chi connectivity index (χ0v) is 13.4. The lowest BCUT2D eigenvalue weighted by molar-refractivity contribution is -0.144. The average Bonchev–Trinajstić information content (AvgIpc) is 2.48. The summed E-state index contributed by atoms with van der Waals surface area (Å²) < 4.78 is 39.2. The molecule has 1 atom stereocenters. The van der Waals surface area contributed by atoms with E-state index in [9.17, 15) is 33.0 Å². The highest BCUT2D eigenvalue weighted by molar-refractivity contribution is 6.32. The van der Waals surface area contributed by atoms with Crippen LogP contribution in [-0.2, 0) is 15.8 Å². The van der Waals surface area contributed by atoms with Crippen molar-refractivity contribution in [1.82, 2.24) is 0 Å². The Balaban J connectivity index is 2.72. The van der Waals surface area contributed by atoms with Gasteiger partial charge in [-0.2, -0.15) is 13.2 Å². The van der Waals surface area contributed by atoms with Crippen molar-refractivity contribution < 1.29 is 38.1 Å². The van der Waals surface area contributed by atoms with Crippen molar-refractivity contribution in [3.8, 4) is 5.75 Å². The van der Waals surface area contributed by atoms with Crippen LogP contribution in [0.1, 0.15) is 24.5 Å². The Kier molecular flexibility index (Phi) is 4.61. The summed E-state index contributed by atoms with van der Waals surface area (Å²) in [4.78, 5) is 22.8. The van der Waals surface area contributed by atoms with Crippen molar-refractivity contribution in [3.63, 3.8) is 0 Å². The van der Waals surface area contributed by atoms with Gasteiger partial charge in [0, 0.05) is 5.57 Å². The number of rotatable bonds is 3. The molecule has 0 radical (unpaired) electrons. The van der Waals surface area contributed by atoms with Gasteiger partial charge in [0.2, 0.25) is 0 Å². The number of phenolic OH excluding ortho intramolecular Hbond substituents is 1. The van der Waals surface area contributed by atoms with Crippen LogP contribution in [0.4, 0.5) is 13.2 Å². The van der Waals surface area contributed by atoms with E-state index in [4.69, 9.17) is 16.7 Å². The van der Waals surface area contributed by atoms with Crippen molar-refractivity contribution in [2.24, 2.45) is 5.41 Å². The Hall–Kier alpha value is -2.48. The van der Waals surface area contributed by atoms with E-state index in [0.29, 0.717) is 6.07 Å². The van der Waals surface area contributed by atoms with Crippen LogP contribution in [0.3, 0.4) is 0 Å². The Labute approximate surface area is 144 Å². The maximum atomic E-state index is 13.1. The molecule has 1 unspecified atom stereocenters. The molecule has 1 aromatic rings. The molecule has 5 nitrogen and oxygen atoms in total. The Bertz CT molecular complexity index is 826. The molecule has 0 saturated heterocycles. The summed E-state index contributed by atoms with van der Waals surface area (Å²) in [6.07, 6.45) is -3.04. The Morgan fingerprint density at radius 3 is 2.28 bits per heavy atom. The highest BCUT2D eigenvalue weighted by atomic mass is 35.5. The molecule has 0 heterocycles. The molecular weight excluding hydrogens is 365 g/mol. The fourth-order valence-corrected chi connectivity index (χ4v) is 2.85. The minimum Gasteiger partial charge on any atom is -0.506 e. The molecule has 134 valence electrons. The first-order valence-electron chi connectivity index (χ1n) is 6.86. The topological polar surface area (TPSA) is 94.8 Å². The molecule has 9 heteroatoms. The molecule has 1 aliphatic rings. The second-order valence-corrected chi connectivity index (χ2v) is 6.15. The number of halogens is 4. The number of hydrogen-bond acceptors (Lipinski definition) is 3. The van der Waals surface area contributed by atoms with Gasteiger partial charge in [-0.15, -0.1) is 0 Å². The third kappa shape index (κ3) is 3.34. The number of phenols is 1. The number of hydrogen-bond donors (Lipinski definition) is 3. The second kappa shape index (κ2) is 6.11. The number of carbonyl (C=O) groups is 2. The summed E-state index contributed by atoms with van der Waals surface area (Å²) in [6.45, 7) is 1.21. The number of carboxylic acids is 2. The summed E-state index contributed by atoms with van der Waals surface area (Å²) in [7, 11) is 0. The fourth-order valence-electron chi connectivity index (χ4n) is 2.63. The summed E-state index contributed by atoms with van der Waals surface area (Å²) >= 11 is 5.66. The largest absolute Gasteiger partial charge is 0.506 e. The third-order valence-electron chi connectivity index (χ3n) is 4.02.